The zero-order valence-electron chi connectivity index (χ0n) is 7.40. The van der Waals surface area contributed by atoms with Crippen molar-refractivity contribution in [2.45, 2.75) is 20.8 Å². The maximum absolute atomic E-state index is 5.39. The van der Waals surface area contributed by atoms with E-state index in [0.29, 0.717) is 0 Å². The topological polar surface area (TPSA) is 21.3 Å². The Balaban J connectivity index is 2.82. The summed E-state index contributed by atoms with van der Waals surface area (Å²) in [5.41, 5.74) is 2.40. The molecule has 0 amide bonds. The summed E-state index contributed by atoms with van der Waals surface area (Å²) < 4.78 is 5.39. The molecular formula is C9H15NO. The van der Waals surface area contributed by atoms with Gasteiger partial charge in [-0.15, -0.1) is 0 Å². The first kappa shape index (κ1) is 8.18. The number of allylic oxidation sites excluding steroid dienone is 3. The molecule has 0 fully saturated rings. The van der Waals surface area contributed by atoms with Crippen LogP contribution in [0.5, 0.6) is 0 Å². The molecule has 0 aromatic heterocycles. The van der Waals surface area contributed by atoms with E-state index in [4.69, 9.17) is 4.74 Å². The van der Waals surface area contributed by atoms with E-state index >= 15 is 0 Å². The SMILES string of the molecule is C/C=C(/C)C1=C(C)OCCN1. The average Bonchev–Trinajstić information content (AvgIpc) is 2.04. The van der Waals surface area contributed by atoms with Gasteiger partial charge < -0.3 is 10.1 Å². The van der Waals surface area contributed by atoms with E-state index in [9.17, 15) is 0 Å². The molecule has 1 N–H and O–H groups in total. The molecule has 1 heterocycles. The van der Waals surface area contributed by atoms with Crippen LogP contribution in [-0.4, -0.2) is 13.2 Å². The molecule has 1 aliphatic rings. The number of hydrogen-bond donors (Lipinski definition) is 1. The number of nitrogens with one attached hydrogen (secondary N) is 1. The normalized spacial score (nSPS) is 19.4. The van der Waals surface area contributed by atoms with Crippen molar-refractivity contribution in [2.75, 3.05) is 13.2 Å². The Bertz CT molecular complexity index is 204. The van der Waals surface area contributed by atoms with Gasteiger partial charge in [-0.1, -0.05) is 6.08 Å². The molecule has 0 spiro atoms. The molecule has 0 bridgehead atoms. The third-order valence-electron chi connectivity index (χ3n) is 1.90. The van der Waals surface area contributed by atoms with E-state index in [0.717, 1.165) is 24.6 Å². The quantitative estimate of drug-likeness (QED) is 0.620. The van der Waals surface area contributed by atoms with Crippen molar-refractivity contribution in [1.82, 2.24) is 5.32 Å². The molecule has 0 unspecified atom stereocenters. The highest BCUT2D eigenvalue weighted by Crippen LogP contribution is 2.14. The van der Waals surface area contributed by atoms with Gasteiger partial charge in [0.2, 0.25) is 0 Å². The first-order valence-electron chi connectivity index (χ1n) is 3.96. The lowest BCUT2D eigenvalue weighted by Crippen LogP contribution is -2.26. The van der Waals surface area contributed by atoms with Gasteiger partial charge in [0.1, 0.15) is 12.4 Å². The Hall–Kier alpha value is -0.920. The summed E-state index contributed by atoms with van der Waals surface area (Å²) in [6.07, 6.45) is 2.08. The summed E-state index contributed by atoms with van der Waals surface area (Å²) in [4.78, 5) is 0. The summed E-state index contributed by atoms with van der Waals surface area (Å²) in [6, 6.07) is 0. The number of hydrogen-bond acceptors (Lipinski definition) is 2. The van der Waals surface area contributed by atoms with Crippen LogP contribution in [0.3, 0.4) is 0 Å². The van der Waals surface area contributed by atoms with Crippen LogP contribution in [0.25, 0.3) is 0 Å². The van der Waals surface area contributed by atoms with Crippen LogP contribution in [0.1, 0.15) is 20.8 Å². The van der Waals surface area contributed by atoms with Gasteiger partial charge in [0.15, 0.2) is 0 Å². The van der Waals surface area contributed by atoms with Crippen molar-refractivity contribution in [2.24, 2.45) is 0 Å². The molecule has 1 rings (SSSR count). The molecule has 11 heavy (non-hydrogen) atoms. The second kappa shape index (κ2) is 3.46. The fourth-order valence-electron chi connectivity index (χ4n) is 1.14. The second-order valence-corrected chi connectivity index (χ2v) is 2.68. The minimum absolute atomic E-state index is 0.784. The summed E-state index contributed by atoms with van der Waals surface area (Å²) in [7, 11) is 0. The lowest BCUT2D eigenvalue weighted by Gasteiger charge is -2.21. The zero-order chi connectivity index (χ0) is 8.27. The van der Waals surface area contributed by atoms with E-state index in [1.54, 1.807) is 0 Å². The maximum Gasteiger partial charge on any atom is 0.116 e. The molecule has 62 valence electrons. The highest BCUT2D eigenvalue weighted by atomic mass is 16.5. The zero-order valence-corrected chi connectivity index (χ0v) is 7.40. The fraction of sp³-hybridized carbons (Fsp3) is 0.556. The Kier molecular flexibility index (Phi) is 2.58. The molecule has 0 aromatic carbocycles. The Morgan fingerprint density at radius 3 is 2.91 bits per heavy atom. The molecule has 0 atom stereocenters. The van der Waals surface area contributed by atoms with Crippen molar-refractivity contribution in [3.05, 3.63) is 23.1 Å². The van der Waals surface area contributed by atoms with Crippen LogP contribution in [0.2, 0.25) is 0 Å². The lowest BCUT2D eigenvalue weighted by molar-refractivity contribution is 0.194. The van der Waals surface area contributed by atoms with Crippen molar-refractivity contribution in [3.63, 3.8) is 0 Å². The first-order valence-corrected chi connectivity index (χ1v) is 3.96. The smallest absolute Gasteiger partial charge is 0.116 e. The Morgan fingerprint density at radius 2 is 2.36 bits per heavy atom. The minimum Gasteiger partial charge on any atom is -0.494 e. The first-order chi connectivity index (χ1) is 5.25. The van der Waals surface area contributed by atoms with E-state index in [1.165, 1.54) is 5.57 Å². The summed E-state index contributed by atoms with van der Waals surface area (Å²) in [5, 5.41) is 3.31. The summed E-state index contributed by atoms with van der Waals surface area (Å²) >= 11 is 0. The highest BCUT2D eigenvalue weighted by Gasteiger charge is 2.09. The van der Waals surface area contributed by atoms with Crippen LogP contribution in [0, 0.1) is 0 Å². The van der Waals surface area contributed by atoms with Gasteiger partial charge in [-0.3, -0.25) is 0 Å². The fourth-order valence-corrected chi connectivity index (χ4v) is 1.14. The van der Waals surface area contributed by atoms with Gasteiger partial charge in [-0.2, -0.15) is 0 Å². The standard InChI is InChI=1S/C9H15NO/c1-4-7(2)9-8(3)11-6-5-10-9/h4,10H,5-6H2,1-3H3/b7-4-. The third-order valence-corrected chi connectivity index (χ3v) is 1.90. The molecule has 0 saturated carbocycles. The van der Waals surface area contributed by atoms with Gasteiger partial charge in [0, 0.05) is 6.54 Å². The van der Waals surface area contributed by atoms with Crippen LogP contribution in [-0.2, 0) is 4.74 Å². The largest absolute Gasteiger partial charge is 0.494 e. The molecule has 2 nitrogen and oxygen atoms in total. The molecule has 0 aromatic rings. The lowest BCUT2D eigenvalue weighted by atomic mass is 10.2. The van der Waals surface area contributed by atoms with Crippen molar-refractivity contribution < 1.29 is 4.74 Å². The van der Waals surface area contributed by atoms with E-state index in [2.05, 4.69) is 18.3 Å². The summed E-state index contributed by atoms with van der Waals surface area (Å²) in [5.74, 6) is 1.01. The van der Waals surface area contributed by atoms with Crippen LogP contribution >= 0.6 is 0 Å². The average molecular weight is 153 g/mol. The maximum atomic E-state index is 5.39. The molecule has 1 aliphatic heterocycles. The van der Waals surface area contributed by atoms with Gasteiger partial charge in [0.05, 0.1) is 5.70 Å². The minimum atomic E-state index is 0.784. The van der Waals surface area contributed by atoms with E-state index in [1.807, 2.05) is 13.8 Å². The van der Waals surface area contributed by atoms with Gasteiger partial charge in [0.25, 0.3) is 0 Å². The van der Waals surface area contributed by atoms with Gasteiger partial charge in [-0.05, 0) is 26.3 Å². The summed E-state index contributed by atoms with van der Waals surface area (Å²) in [6.45, 7) is 7.81. The number of rotatable bonds is 1. The van der Waals surface area contributed by atoms with E-state index in [-0.39, 0.29) is 0 Å². The Labute approximate surface area is 67.9 Å². The molecule has 0 aliphatic carbocycles. The molecular weight excluding hydrogens is 138 g/mol. The number of ether oxygens (including phenoxy) is 1. The molecule has 2 heteroatoms. The monoisotopic (exact) mass is 153 g/mol. The van der Waals surface area contributed by atoms with Crippen LogP contribution in [0.4, 0.5) is 0 Å². The van der Waals surface area contributed by atoms with Crippen LogP contribution < -0.4 is 5.32 Å². The predicted octanol–water partition coefficient (Wildman–Crippen LogP) is 1.80. The van der Waals surface area contributed by atoms with Crippen molar-refractivity contribution in [1.29, 1.82) is 0 Å². The molecule has 0 radical (unpaired) electrons. The highest BCUT2D eigenvalue weighted by molar-refractivity contribution is 5.29. The third kappa shape index (κ3) is 1.76. The Morgan fingerprint density at radius 1 is 1.64 bits per heavy atom. The van der Waals surface area contributed by atoms with Crippen molar-refractivity contribution in [3.8, 4) is 0 Å². The van der Waals surface area contributed by atoms with Gasteiger partial charge >= 0.3 is 0 Å². The van der Waals surface area contributed by atoms with Crippen molar-refractivity contribution >= 4 is 0 Å². The molecule has 0 saturated heterocycles. The van der Waals surface area contributed by atoms with E-state index < -0.39 is 0 Å². The van der Waals surface area contributed by atoms with Crippen LogP contribution in [0.15, 0.2) is 23.1 Å². The second-order valence-electron chi connectivity index (χ2n) is 2.68. The predicted molar refractivity (Wildman–Crippen MR) is 46.1 cm³/mol. The van der Waals surface area contributed by atoms with Gasteiger partial charge in [-0.25, -0.2) is 0 Å².